The summed E-state index contributed by atoms with van der Waals surface area (Å²) in [7, 11) is 6.13. The zero-order chi connectivity index (χ0) is 35.2. The Morgan fingerprint density at radius 1 is 0.837 bits per heavy atom. The number of hydrogen-bond acceptors (Lipinski definition) is 10. The van der Waals surface area contributed by atoms with Gasteiger partial charge in [0.05, 0.1) is 41.1 Å². The lowest BCUT2D eigenvalue weighted by atomic mass is 9.95. The molecule has 1 heterocycles. The molecule has 266 valence electrons. The molecule has 1 aliphatic carbocycles. The van der Waals surface area contributed by atoms with Crippen molar-refractivity contribution < 1.29 is 42.8 Å². The van der Waals surface area contributed by atoms with Gasteiger partial charge in [-0.25, -0.2) is 4.79 Å². The molecule has 4 rings (SSSR count). The Morgan fingerprint density at radius 3 is 2.29 bits per heavy atom. The molecule has 0 fully saturated rings. The molecule has 2 aliphatic rings. The SMILES string of the molecule is COc1cc2c(c(OC)c1OC)-c1ccc(OC)c(=O)cc1[C@@H](NC(=O)CCCCCCC(=O)OCCCCC[C@@H]1CC=CC(=O)O1)CC2. The van der Waals surface area contributed by atoms with Gasteiger partial charge in [-0.1, -0.05) is 25.0 Å². The minimum absolute atomic E-state index is 0.0442. The van der Waals surface area contributed by atoms with E-state index in [-0.39, 0.29) is 35.1 Å². The maximum absolute atomic E-state index is 13.2. The highest BCUT2D eigenvalue weighted by atomic mass is 16.5. The van der Waals surface area contributed by atoms with Crippen LogP contribution >= 0.6 is 0 Å². The summed E-state index contributed by atoms with van der Waals surface area (Å²) in [6.45, 7) is 0.394. The minimum atomic E-state index is -0.418. The molecule has 0 radical (unpaired) electrons. The molecule has 49 heavy (non-hydrogen) atoms. The number of methoxy groups -OCH3 is 4. The van der Waals surface area contributed by atoms with Crippen LogP contribution in [0.4, 0.5) is 0 Å². The summed E-state index contributed by atoms with van der Waals surface area (Å²) < 4.78 is 33.0. The van der Waals surface area contributed by atoms with Crippen molar-refractivity contribution in [2.24, 2.45) is 0 Å². The Kier molecular flexibility index (Phi) is 14.3. The second kappa shape index (κ2) is 18.9. The highest BCUT2D eigenvalue weighted by Gasteiger charge is 2.30. The largest absolute Gasteiger partial charge is 0.493 e. The summed E-state index contributed by atoms with van der Waals surface area (Å²) in [6.07, 6.45) is 12.3. The molecule has 0 saturated carbocycles. The maximum Gasteiger partial charge on any atom is 0.330 e. The number of esters is 2. The third-order valence-corrected chi connectivity index (χ3v) is 8.96. The topological polar surface area (TPSA) is 136 Å². The average molecular weight is 680 g/mol. The zero-order valence-electron chi connectivity index (χ0n) is 29.1. The molecule has 11 nitrogen and oxygen atoms in total. The van der Waals surface area contributed by atoms with Crippen LogP contribution in [-0.2, 0) is 30.3 Å². The highest BCUT2D eigenvalue weighted by Crippen LogP contribution is 2.50. The van der Waals surface area contributed by atoms with Crippen molar-refractivity contribution in [3.05, 3.63) is 57.8 Å². The van der Waals surface area contributed by atoms with Gasteiger partial charge >= 0.3 is 11.9 Å². The van der Waals surface area contributed by atoms with E-state index in [0.29, 0.717) is 67.9 Å². The summed E-state index contributed by atoms with van der Waals surface area (Å²) in [5, 5.41) is 3.17. The van der Waals surface area contributed by atoms with Crippen molar-refractivity contribution in [3.63, 3.8) is 0 Å². The van der Waals surface area contributed by atoms with E-state index in [9.17, 15) is 19.2 Å². The lowest BCUT2D eigenvalue weighted by Gasteiger charge is -2.20. The highest BCUT2D eigenvalue weighted by molar-refractivity contribution is 5.84. The van der Waals surface area contributed by atoms with E-state index in [1.807, 2.05) is 18.2 Å². The zero-order valence-corrected chi connectivity index (χ0v) is 29.1. The monoisotopic (exact) mass is 679 g/mol. The number of rotatable bonds is 18. The fraction of sp³-hybridized carbons (Fsp3) is 0.526. The van der Waals surface area contributed by atoms with E-state index in [4.69, 9.17) is 28.4 Å². The van der Waals surface area contributed by atoms with Crippen molar-refractivity contribution in [2.75, 3.05) is 35.0 Å². The van der Waals surface area contributed by atoms with Crippen LogP contribution in [0, 0.1) is 0 Å². The second-order valence-electron chi connectivity index (χ2n) is 12.3. The van der Waals surface area contributed by atoms with Gasteiger partial charge in [0.25, 0.3) is 0 Å². The van der Waals surface area contributed by atoms with Crippen LogP contribution in [0.25, 0.3) is 11.1 Å². The number of carbonyl (C=O) groups excluding carboxylic acids is 3. The molecule has 0 aromatic heterocycles. The molecular weight excluding hydrogens is 630 g/mol. The van der Waals surface area contributed by atoms with Gasteiger partial charge in [0.15, 0.2) is 17.2 Å². The Balaban J connectivity index is 1.25. The van der Waals surface area contributed by atoms with Crippen molar-refractivity contribution in [3.8, 4) is 34.1 Å². The molecule has 0 spiro atoms. The summed E-state index contributed by atoms with van der Waals surface area (Å²) in [6, 6.07) is 6.50. The molecule has 1 amide bonds. The van der Waals surface area contributed by atoms with Gasteiger partial charge in [0, 0.05) is 30.9 Å². The van der Waals surface area contributed by atoms with Crippen LogP contribution in [0.5, 0.6) is 23.0 Å². The molecular formula is C38H49NO10. The minimum Gasteiger partial charge on any atom is -0.493 e. The first kappa shape index (κ1) is 37.3. The smallest absolute Gasteiger partial charge is 0.330 e. The number of benzene rings is 1. The van der Waals surface area contributed by atoms with Gasteiger partial charge in [-0.05, 0) is 86.3 Å². The quantitative estimate of drug-likeness (QED) is 0.144. The number of hydrogen-bond donors (Lipinski definition) is 1. The standard InChI is InChI=1S/C38H49NO10/c1-44-31-21-19-27-28(24-30(31)40)29(20-18-25-23-32(45-2)37(46-3)38(47-4)36(25)27)39-33(41)15-9-5-6-10-16-34(42)48-22-11-7-8-13-26-14-12-17-35(43)49-26/h12,17,19,21,23-24,26,29H,5-11,13-16,18,20,22H2,1-4H3,(H,39,41)/t26-,29+/m1/s1. The Morgan fingerprint density at radius 2 is 1.57 bits per heavy atom. The van der Waals surface area contributed by atoms with Crippen molar-refractivity contribution >= 4 is 17.8 Å². The molecule has 0 saturated heterocycles. The first-order chi connectivity index (χ1) is 23.8. The summed E-state index contributed by atoms with van der Waals surface area (Å²) >= 11 is 0. The van der Waals surface area contributed by atoms with E-state index in [1.165, 1.54) is 19.3 Å². The fourth-order valence-electron chi connectivity index (χ4n) is 6.45. The number of nitrogens with one attached hydrogen (secondary N) is 1. The molecule has 11 heteroatoms. The number of cyclic esters (lactones) is 1. The van der Waals surface area contributed by atoms with Crippen LogP contribution < -0.4 is 29.7 Å². The van der Waals surface area contributed by atoms with Crippen LogP contribution in [0.2, 0.25) is 0 Å². The molecule has 2 aromatic carbocycles. The van der Waals surface area contributed by atoms with Crippen molar-refractivity contribution in [1.29, 1.82) is 0 Å². The third kappa shape index (κ3) is 10.2. The normalized spacial score (nSPS) is 16.4. The Hall–Kier alpha value is -4.54. The van der Waals surface area contributed by atoms with Crippen molar-refractivity contribution in [1.82, 2.24) is 5.32 Å². The van der Waals surface area contributed by atoms with Crippen LogP contribution in [0.1, 0.15) is 94.2 Å². The van der Waals surface area contributed by atoms with Gasteiger partial charge in [0.1, 0.15) is 6.10 Å². The second-order valence-corrected chi connectivity index (χ2v) is 12.3. The summed E-state index contributed by atoms with van der Waals surface area (Å²) in [5.74, 6) is 1.08. The van der Waals surface area contributed by atoms with Gasteiger partial charge in [-0.2, -0.15) is 0 Å². The van der Waals surface area contributed by atoms with Gasteiger partial charge in [-0.3, -0.25) is 14.4 Å². The molecule has 2 atom stereocenters. The van der Waals surface area contributed by atoms with E-state index in [1.54, 1.807) is 27.4 Å². The summed E-state index contributed by atoms with van der Waals surface area (Å²) in [4.78, 5) is 49.7. The van der Waals surface area contributed by atoms with E-state index in [0.717, 1.165) is 61.6 Å². The van der Waals surface area contributed by atoms with E-state index >= 15 is 0 Å². The lowest BCUT2D eigenvalue weighted by molar-refractivity contribution is -0.145. The Labute approximate surface area is 288 Å². The predicted octanol–water partition coefficient (Wildman–Crippen LogP) is 6.17. The fourth-order valence-corrected chi connectivity index (χ4v) is 6.45. The molecule has 2 aromatic rings. The number of aryl methyl sites for hydroxylation is 1. The number of carbonyl (C=O) groups is 3. The predicted molar refractivity (Wildman–Crippen MR) is 184 cm³/mol. The van der Waals surface area contributed by atoms with Gasteiger partial charge < -0.3 is 33.7 Å². The van der Waals surface area contributed by atoms with Crippen LogP contribution in [0.15, 0.2) is 41.2 Å². The lowest BCUT2D eigenvalue weighted by Crippen LogP contribution is -2.28. The van der Waals surface area contributed by atoms with E-state index < -0.39 is 6.04 Å². The molecule has 1 aliphatic heterocycles. The first-order valence-corrected chi connectivity index (χ1v) is 17.2. The van der Waals surface area contributed by atoms with Gasteiger partial charge in [0.2, 0.25) is 17.1 Å². The van der Waals surface area contributed by atoms with E-state index in [2.05, 4.69) is 5.32 Å². The number of amides is 1. The molecule has 0 bridgehead atoms. The van der Waals surface area contributed by atoms with Crippen LogP contribution in [-0.4, -0.2) is 59.0 Å². The summed E-state index contributed by atoms with van der Waals surface area (Å²) in [5.41, 5.74) is 2.86. The maximum atomic E-state index is 13.2. The number of ether oxygens (including phenoxy) is 6. The molecule has 0 unspecified atom stereocenters. The first-order valence-electron chi connectivity index (χ1n) is 17.2. The number of unbranched alkanes of at least 4 members (excludes halogenated alkanes) is 5. The van der Waals surface area contributed by atoms with Gasteiger partial charge in [-0.15, -0.1) is 0 Å². The van der Waals surface area contributed by atoms with Crippen LogP contribution in [0.3, 0.4) is 0 Å². The average Bonchev–Trinajstić information content (AvgIpc) is 3.34. The Bertz CT molecular complexity index is 1550. The molecule has 1 N–H and O–H groups in total. The number of fused-ring (bicyclic) bond motifs is 3. The van der Waals surface area contributed by atoms with Crippen molar-refractivity contribution in [2.45, 2.75) is 95.6 Å². The third-order valence-electron chi connectivity index (χ3n) is 8.96.